The van der Waals surface area contributed by atoms with Crippen molar-refractivity contribution in [2.24, 2.45) is 4.99 Å². The zero-order valence-electron chi connectivity index (χ0n) is 10.2. The van der Waals surface area contributed by atoms with E-state index in [-0.39, 0.29) is 0 Å². The molecule has 0 bridgehead atoms. The van der Waals surface area contributed by atoms with Crippen LogP contribution in [0.3, 0.4) is 0 Å². The molecule has 2 heterocycles. The molecule has 2 aromatic rings. The summed E-state index contributed by atoms with van der Waals surface area (Å²) in [6.07, 6.45) is 0. The van der Waals surface area contributed by atoms with Crippen LogP contribution in [0.5, 0.6) is 0 Å². The maximum absolute atomic E-state index is 4.57. The number of aliphatic imine (C=N–C) groups is 1. The summed E-state index contributed by atoms with van der Waals surface area (Å²) in [6.45, 7) is 3.03. The van der Waals surface area contributed by atoms with E-state index >= 15 is 0 Å². The predicted octanol–water partition coefficient (Wildman–Crippen LogP) is 3.88. The molecule has 92 valence electrons. The summed E-state index contributed by atoms with van der Waals surface area (Å²) < 4.78 is 1.23. The molecule has 4 heteroatoms. The van der Waals surface area contributed by atoms with Gasteiger partial charge < -0.3 is 0 Å². The number of hydrogen-bond acceptors (Lipinski definition) is 4. The van der Waals surface area contributed by atoms with Gasteiger partial charge >= 0.3 is 0 Å². The first kappa shape index (κ1) is 12.1. The largest absolute Gasteiger partial charge is 0.271 e. The van der Waals surface area contributed by atoms with Gasteiger partial charge in [0.05, 0.1) is 12.1 Å². The highest BCUT2D eigenvalue weighted by molar-refractivity contribution is 8.38. The number of fused-ring (bicyclic) bond motifs is 1. The Morgan fingerprint density at radius 1 is 1.33 bits per heavy atom. The second kappa shape index (κ2) is 5.33. The summed E-state index contributed by atoms with van der Waals surface area (Å²) in [7, 11) is 0. The van der Waals surface area contributed by atoms with Gasteiger partial charge in [-0.2, -0.15) is 0 Å². The summed E-state index contributed by atoms with van der Waals surface area (Å²) >= 11 is 3.71. The normalized spacial score (nSPS) is 15.1. The number of nitrogens with zero attached hydrogens (tertiary/aromatic N) is 2. The van der Waals surface area contributed by atoms with Crippen molar-refractivity contribution in [3.05, 3.63) is 41.6 Å². The molecule has 0 unspecified atom stereocenters. The highest BCUT2D eigenvalue weighted by atomic mass is 32.2. The Bertz CT molecular complexity index is 608. The van der Waals surface area contributed by atoms with Crippen LogP contribution < -0.4 is 0 Å². The molecule has 0 saturated carbocycles. The van der Waals surface area contributed by atoms with E-state index in [1.54, 1.807) is 0 Å². The van der Waals surface area contributed by atoms with Crippen LogP contribution in [0.4, 0.5) is 0 Å². The average molecular weight is 274 g/mol. The van der Waals surface area contributed by atoms with E-state index in [0.717, 1.165) is 29.3 Å². The SMILES string of the molecule is Cc1cc(CSC2=NCCS2)c2ccccc2n1. The van der Waals surface area contributed by atoms with Gasteiger partial charge in [0, 0.05) is 22.6 Å². The third-order valence-corrected chi connectivity index (χ3v) is 5.14. The van der Waals surface area contributed by atoms with Gasteiger partial charge in [-0.1, -0.05) is 41.7 Å². The zero-order chi connectivity index (χ0) is 12.4. The molecule has 3 rings (SSSR count). The number of hydrogen-bond donors (Lipinski definition) is 0. The third-order valence-electron chi connectivity index (χ3n) is 2.84. The minimum atomic E-state index is 0.975. The second-order valence-electron chi connectivity index (χ2n) is 4.22. The summed E-state index contributed by atoms with van der Waals surface area (Å²) in [6, 6.07) is 10.5. The van der Waals surface area contributed by atoms with Gasteiger partial charge in [0.1, 0.15) is 4.38 Å². The number of aromatic nitrogens is 1. The number of aryl methyl sites for hydroxylation is 1. The molecule has 1 aromatic heterocycles. The monoisotopic (exact) mass is 274 g/mol. The molecule has 0 radical (unpaired) electrons. The Labute approximate surface area is 115 Å². The fraction of sp³-hybridized carbons (Fsp3) is 0.286. The van der Waals surface area contributed by atoms with Crippen molar-refractivity contribution in [3.63, 3.8) is 0 Å². The van der Waals surface area contributed by atoms with Crippen molar-refractivity contribution in [2.75, 3.05) is 12.3 Å². The molecule has 0 fully saturated rings. The number of para-hydroxylation sites is 1. The molecule has 1 aliphatic heterocycles. The van der Waals surface area contributed by atoms with Crippen molar-refractivity contribution in [1.82, 2.24) is 4.98 Å². The maximum Gasteiger partial charge on any atom is 0.124 e. The molecule has 0 spiro atoms. The number of benzene rings is 1. The predicted molar refractivity (Wildman–Crippen MR) is 82.5 cm³/mol. The molecule has 1 aromatic carbocycles. The molecule has 0 aliphatic carbocycles. The summed E-state index contributed by atoms with van der Waals surface area (Å²) in [5.41, 5.74) is 3.54. The third kappa shape index (κ3) is 2.54. The average Bonchev–Trinajstić information content (AvgIpc) is 2.89. The van der Waals surface area contributed by atoms with Crippen molar-refractivity contribution >= 4 is 38.8 Å². The molecular formula is C14H14N2S2. The van der Waals surface area contributed by atoms with E-state index in [2.05, 4.69) is 41.2 Å². The van der Waals surface area contributed by atoms with Gasteiger partial charge in [-0.25, -0.2) is 0 Å². The van der Waals surface area contributed by atoms with E-state index < -0.39 is 0 Å². The number of thioether (sulfide) groups is 2. The quantitative estimate of drug-likeness (QED) is 0.831. The van der Waals surface area contributed by atoms with Crippen LogP contribution in [0.2, 0.25) is 0 Å². The highest BCUT2D eigenvalue weighted by Gasteiger charge is 2.09. The van der Waals surface area contributed by atoms with E-state index in [1.165, 1.54) is 15.3 Å². The molecule has 18 heavy (non-hydrogen) atoms. The summed E-state index contributed by atoms with van der Waals surface area (Å²) in [5.74, 6) is 2.12. The van der Waals surface area contributed by atoms with Crippen LogP contribution in [0.1, 0.15) is 11.3 Å². The first-order valence-corrected chi connectivity index (χ1v) is 7.95. The van der Waals surface area contributed by atoms with Crippen LogP contribution in [0.15, 0.2) is 35.3 Å². The van der Waals surface area contributed by atoms with Crippen LogP contribution >= 0.6 is 23.5 Å². The van der Waals surface area contributed by atoms with E-state index in [4.69, 9.17) is 0 Å². The number of rotatable bonds is 2. The first-order chi connectivity index (χ1) is 8.83. The molecule has 1 aliphatic rings. The van der Waals surface area contributed by atoms with Crippen LogP contribution in [0, 0.1) is 6.92 Å². The highest BCUT2D eigenvalue weighted by Crippen LogP contribution is 2.28. The van der Waals surface area contributed by atoms with Gasteiger partial charge in [0.2, 0.25) is 0 Å². The van der Waals surface area contributed by atoms with E-state index in [0.29, 0.717) is 0 Å². The molecule has 0 saturated heterocycles. The van der Waals surface area contributed by atoms with Gasteiger partial charge in [0.15, 0.2) is 0 Å². The Hall–Kier alpha value is -1.00. The number of pyridine rings is 1. The topological polar surface area (TPSA) is 25.2 Å². The van der Waals surface area contributed by atoms with Crippen LogP contribution in [-0.4, -0.2) is 21.7 Å². The van der Waals surface area contributed by atoms with Crippen molar-refractivity contribution in [2.45, 2.75) is 12.7 Å². The van der Waals surface area contributed by atoms with Gasteiger partial charge in [-0.15, -0.1) is 0 Å². The minimum absolute atomic E-state index is 0.975. The Balaban J connectivity index is 1.90. The van der Waals surface area contributed by atoms with E-state index in [1.807, 2.05) is 29.6 Å². The van der Waals surface area contributed by atoms with Crippen molar-refractivity contribution < 1.29 is 0 Å². The Morgan fingerprint density at radius 3 is 3.06 bits per heavy atom. The lowest BCUT2D eigenvalue weighted by Gasteiger charge is -2.07. The standard InChI is InChI=1S/C14H14N2S2/c1-10-8-11(9-18-14-15-6-7-17-14)12-4-2-3-5-13(12)16-10/h2-5,8H,6-7,9H2,1H3. The van der Waals surface area contributed by atoms with E-state index in [9.17, 15) is 0 Å². The fourth-order valence-corrected chi connectivity index (χ4v) is 4.06. The fourth-order valence-electron chi connectivity index (χ4n) is 2.06. The first-order valence-electron chi connectivity index (χ1n) is 5.98. The summed E-state index contributed by atoms with van der Waals surface area (Å²) in [5, 5.41) is 1.26. The molecule has 2 nitrogen and oxygen atoms in total. The van der Waals surface area contributed by atoms with Crippen LogP contribution in [0.25, 0.3) is 10.9 Å². The van der Waals surface area contributed by atoms with Gasteiger partial charge in [-0.3, -0.25) is 9.98 Å². The van der Waals surface area contributed by atoms with Gasteiger partial charge in [0.25, 0.3) is 0 Å². The minimum Gasteiger partial charge on any atom is -0.271 e. The summed E-state index contributed by atoms with van der Waals surface area (Å²) in [4.78, 5) is 9.05. The smallest absolute Gasteiger partial charge is 0.124 e. The maximum atomic E-state index is 4.57. The zero-order valence-corrected chi connectivity index (χ0v) is 11.9. The molecular weight excluding hydrogens is 260 g/mol. The lowest BCUT2D eigenvalue weighted by atomic mass is 10.1. The van der Waals surface area contributed by atoms with Gasteiger partial charge in [-0.05, 0) is 24.6 Å². The van der Waals surface area contributed by atoms with Crippen molar-refractivity contribution in [1.29, 1.82) is 0 Å². The molecule has 0 amide bonds. The Morgan fingerprint density at radius 2 is 2.22 bits per heavy atom. The van der Waals surface area contributed by atoms with Crippen LogP contribution in [-0.2, 0) is 5.75 Å². The van der Waals surface area contributed by atoms with Crippen molar-refractivity contribution in [3.8, 4) is 0 Å². The Kier molecular flexibility index (Phi) is 3.57. The molecule has 0 atom stereocenters. The lowest BCUT2D eigenvalue weighted by molar-refractivity contribution is 1.18. The molecule has 0 N–H and O–H groups in total. The lowest BCUT2D eigenvalue weighted by Crippen LogP contribution is -1.92. The second-order valence-corrected chi connectivity index (χ2v) is 6.53.